The fraction of sp³-hybridized carbons (Fsp3) is 0.200. The van der Waals surface area contributed by atoms with Crippen molar-refractivity contribution in [2.45, 2.75) is 6.42 Å². The monoisotopic (exact) mass is 261 g/mol. The Kier molecular flexibility index (Phi) is 4.52. The fourth-order valence-electron chi connectivity index (χ4n) is 1.14. The summed E-state index contributed by atoms with van der Waals surface area (Å²) in [6, 6.07) is 1.16. The van der Waals surface area contributed by atoms with Gasteiger partial charge < -0.3 is 16.3 Å². The molecule has 0 fully saturated rings. The van der Waals surface area contributed by atoms with E-state index in [0.717, 1.165) is 0 Å². The predicted octanol–water partition coefficient (Wildman–Crippen LogP) is 0.970. The minimum Gasteiger partial charge on any atom is -0.409 e. The highest BCUT2D eigenvalue weighted by atomic mass is 19.2. The quantitative estimate of drug-likeness (QED) is 0.248. The first kappa shape index (κ1) is 13.8. The molecule has 5 nitrogen and oxygen atoms in total. The summed E-state index contributed by atoms with van der Waals surface area (Å²) in [5, 5.41) is 13.2. The van der Waals surface area contributed by atoms with Gasteiger partial charge >= 0.3 is 0 Å². The van der Waals surface area contributed by atoms with Crippen LogP contribution in [-0.2, 0) is 0 Å². The first-order chi connectivity index (χ1) is 8.45. The highest BCUT2D eigenvalue weighted by Gasteiger charge is 2.14. The van der Waals surface area contributed by atoms with Crippen LogP contribution >= 0.6 is 0 Å². The zero-order chi connectivity index (χ0) is 13.7. The average molecular weight is 261 g/mol. The smallest absolute Gasteiger partial charge is 0.251 e. The molecule has 0 saturated heterocycles. The fourth-order valence-corrected chi connectivity index (χ4v) is 1.14. The summed E-state index contributed by atoms with van der Waals surface area (Å²) < 4.78 is 38.3. The molecule has 0 aliphatic rings. The first-order valence-electron chi connectivity index (χ1n) is 4.85. The van der Waals surface area contributed by atoms with Crippen molar-refractivity contribution in [3.05, 3.63) is 35.1 Å². The molecule has 0 heterocycles. The van der Waals surface area contributed by atoms with E-state index in [1.54, 1.807) is 0 Å². The maximum Gasteiger partial charge on any atom is 0.251 e. The van der Waals surface area contributed by atoms with Gasteiger partial charge in [-0.15, -0.1) is 0 Å². The number of amidine groups is 1. The SMILES string of the molecule is NC(CCNC(=O)c1cc(F)c(F)c(F)c1)=NO. The van der Waals surface area contributed by atoms with Crippen LogP contribution in [0.25, 0.3) is 0 Å². The molecule has 0 bridgehead atoms. The zero-order valence-corrected chi connectivity index (χ0v) is 9.08. The van der Waals surface area contributed by atoms with Crippen LogP contribution in [0.2, 0.25) is 0 Å². The van der Waals surface area contributed by atoms with Crippen LogP contribution in [0.4, 0.5) is 13.2 Å². The third-order valence-corrected chi connectivity index (χ3v) is 2.04. The molecule has 0 aliphatic carbocycles. The maximum absolute atomic E-state index is 12.8. The molecule has 0 spiro atoms. The second-order valence-corrected chi connectivity index (χ2v) is 3.35. The number of amides is 1. The lowest BCUT2D eigenvalue weighted by Gasteiger charge is -2.05. The molecule has 0 atom stereocenters. The van der Waals surface area contributed by atoms with E-state index < -0.39 is 23.4 Å². The summed E-state index contributed by atoms with van der Waals surface area (Å²) in [4.78, 5) is 11.4. The molecule has 0 unspecified atom stereocenters. The van der Waals surface area contributed by atoms with E-state index in [1.165, 1.54) is 0 Å². The third kappa shape index (κ3) is 3.37. The van der Waals surface area contributed by atoms with E-state index in [1.807, 2.05) is 0 Å². The lowest BCUT2D eigenvalue weighted by Crippen LogP contribution is -2.28. The van der Waals surface area contributed by atoms with Gasteiger partial charge in [-0.1, -0.05) is 5.16 Å². The number of nitrogens with two attached hydrogens (primary N) is 1. The number of carbonyl (C=O) groups is 1. The largest absolute Gasteiger partial charge is 0.409 e. The molecule has 98 valence electrons. The van der Waals surface area contributed by atoms with Gasteiger partial charge in [-0.3, -0.25) is 4.79 Å². The molecule has 0 radical (unpaired) electrons. The topological polar surface area (TPSA) is 87.7 Å². The number of nitrogens with one attached hydrogen (secondary N) is 1. The predicted molar refractivity (Wildman–Crippen MR) is 56.7 cm³/mol. The minimum atomic E-state index is -1.64. The summed E-state index contributed by atoms with van der Waals surface area (Å²) in [5.41, 5.74) is 4.79. The van der Waals surface area contributed by atoms with Gasteiger partial charge in [0.15, 0.2) is 17.5 Å². The van der Waals surface area contributed by atoms with Crippen LogP contribution < -0.4 is 11.1 Å². The molecule has 18 heavy (non-hydrogen) atoms. The van der Waals surface area contributed by atoms with Crippen molar-refractivity contribution in [2.75, 3.05) is 6.54 Å². The van der Waals surface area contributed by atoms with Crippen molar-refractivity contribution < 1.29 is 23.2 Å². The van der Waals surface area contributed by atoms with Crippen molar-refractivity contribution in [1.29, 1.82) is 0 Å². The summed E-state index contributed by atoms with van der Waals surface area (Å²) in [7, 11) is 0. The van der Waals surface area contributed by atoms with Gasteiger partial charge in [-0.05, 0) is 12.1 Å². The van der Waals surface area contributed by atoms with Crippen molar-refractivity contribution in [2.24, 2.45) is 10.9 Å². The van der Waals surface area contributed by atoms with Crippen LogP contribution in [-0.4, -0.2) is 23.5 Å². The van der Waals surface area contributed by atoms with E-state index in [2.05, 4.69) is 10.5 Å². The van der Waals surface area contributed by atoms with E-state index in [4.69, 9.17) is 10.9 Å². The first-order valence-corrected chi connectivity index (χ1v) is 4.85. The number of benzene rings is 1. The normalized spacial score (nSPS) is 11.4. The van der Waals surface area contributed by atoms with Crippen LogP contribution in [0.3, 0.4) is 0 Å². The lowest BCUT2D eigenvalue weighted by atomic mass is 10.2. The van der Waals surface area contributed by atoms with Crippen LogP contribution in [0.15, 0.2) is 17.3 Å². The Morgan fingerprint density at radius 2 is 1.89 bits per heavy atom. The molecule has 1 aromatic rings. The standard InChI is InChI=1S/C10H10F3N3O2/c11-6-3-5(4-7(12)9(6)13)10(17)15-2-1-8(14)16-18/h3-4,18H,1-2H2,(H2,14,16)(H,15,17). The molecule has 0 saturated carbocycles. The Bertz CT molecular complexity index is 468. The van der Waals surface area contributed by atoms with Gasteiger partial charge in [-0.25, -0.2) is 13.2 Å². The molecule has 1 amide bonds. The van der Waals surface area contributed by atoms with E-state index in [0.29, 0.717) is 12.1 Å². The minimum absolute atomic E-state index is 0.00927. The Balaban J connectivity index is 2.68. The van der Waals surface area contributed by atoms with Gasteiger partial charge in [0.05, 0.1) is 0 Å². The number of rotatable bonds is 4. The number of hydrogen-bond acceptors (Lipinski definition) is 3. The Labute approximate surface area is 100 Å². The Hall–Kier alpha value is -2.25. The molecular formula is C10H10F3N3O2. The molecule has 8 heteroatoms. The lowest BCUT2D eigenvalue weighted by molar-refractivity contribution is 0.0953. The average Bonchev–Trinajstić information content (AvgIpc) is 2.34. The highest BCUT2D eigenvalue weighted by Crippen LogP contribution is 2.13. The summed E-state index contributed by atoms with van der Waals surface area (Å²) in [5.74, 6) is -5.43. The number of hydrogen-bond donors (Lipinski definition) is 3. The number of carbonyl (C=O) groups excluding carboxylic acids is 1. The van der Waals surface area contributed by atoms with Gasteiger partial charge in [-0.2, -0.15) is 0 Å². The third-order valence-electron chi connectivity index (χ3n) is 2.04. The molecule has 1 aromatic carbocycles. The number of oxime groups is 1. The summed E-state index contributed by atoms with van der Waals surface area (Å²) in [6.45, 7) is 0.00927. The van der Waals surface area contributed by atoms with E-state index in [9.17, 15) is 18.0 Å². The molecule has 1 rings (SSSR count). The molecule has 0 aromatic heterocycles. The van der Waals surface area contributed by atoms with E-state index in [-0.39, 0.29) is 24.4 Å². The van der Waals surface area contributed by atoms with Gasteiger partial charge in [0.25, 0.3) is 5.91 Å². The molecule has 4 N–H and O–H groups in total. The summed E-state index contributed by atoms with van der Waals surface area (Å²) >= 11 is 0. The highest BCUT2D eigenvalue weighted by molar-refractivity contribution is 5.94. The van der Waals surface area contributed by atoms with Crippen molar-refractivity contribution in [3.8, 4) is 0 Å². The second-order valence-electron chi connectivity index (χ2n) is 3.35. The van der Waals surface area contributed by atoms with Crippen molar-refractivity contribution >= 4 is 11.7 Å². The van der Waals surface area contributed by atoms with Crippen molar-refractivity contribution in [3.63, 3.8) is 0 Å². The Morgan fingerprint density at radius 1 is 1.33 bits per heavy atom. The van der Waals surface area contributed by atoms with E-state index >= 15 is 0 Å². The van der Waals surface area contributed by atoms with Crippen LogP contribution in [0, 0.1) is 17.5 Å². The number of nitrogens with zero attached hydrogens (tertiary/aromatic N) is 1. The van der Waals surface area contributed by atoms with Crippen molar-refractivity contribution in [1.82, 2.24) is 5.32 Å². The van der Waals surface area contributed by atoms with Crippen LogP contribution in [0.1, 0.15) is 16.8 Å². The zero-order valence-electron chi connectivity index (χ0n) is 9.08. The second kappa shape index (κ2) is 5.89. The van der Waals surface area contributed by atoms with Gasteiger partial charge in [0.2, 0.25) is 0 Å². The van der Waals surface area contributed by atoms with Gasteiger partial charge in [0.1, 0.15) is 5.84 Å². The van der Waals surface area contributed by atoms with Gasteiger partial charge in [0, 0.05) is 18.5 Å². The molecular weight excluding hydrogens is 251 g/mol. The summed E-state index contributed by atoms with van der Waals surface area (Å²) in [6.07, 6.45) is 0.0639. The Morgan fingerprint density at radius 3 is 2.39 bits per heavy atom. The number of halogens is 3. The van der Waals surface area contributed by atoms with Crippen LogP contribution in [0.5, 0.6) is 0 Å². The molecule has 0 aliphatic heterocycles. The maximum atomic E-state index is 12.8.